The Kier molecular flexibility index (Phi) is 3.85. The lowest BCUT2D eigenvalue weighted by Gasteiger charge is -2.02. The maximum atomic E-state index is 12.0. The Morgan fingerprint density at radius 3 is 2.63 bits per heavy atom. The molecule has 1 aromatic heterocycles. The molecule has 0 amide bonds. The number of nitrogens with zero attached hydrogens (tertiary/aromatic N) is 1. The van der Waals surface area contributed by atoms with Crippen LogP contribution in [0, 0.1) is 6.92 Å². The number of hydrogen-bond donors (Lipinski definition) is 2. The zero-order valence-electron chi connectivity index (χ0n) is 10.7. The van der Waals surface area contributed by atoms with Crippen LogP contribution in [0.3, 0.4) is 0 Å². The SMILES string of the molecule is Cc1ccc(Cn2[nH]cc(CCC(=O)O)c2=O)cc1. The van der Waals surface area contributed by atoms with Crippen LogP contribution >= 0.6 is 0 Å². The minimum atomic E-state index is -0.898. The van der Waals surface area contributed by atoms with Crippen molar-refractivity contribution in [3.05, 3.63) is 57.5 Å². The summed E-state index contributed by atoms with van der Waals surface area (Å²) in [6.07, 6.45) is 1.81. The normalized spacial score (nSPS) is 10.6. The number of carboxylic acids is 1. The lowest BCUT2D eigenvalue weighted by Crippen LogP contribution is -2.20. The van der Waals surface area contributed by atoms with Crippen LogP contribution in [0.25, 0.3) is 0 Å². The highest BCUT2D eigenvalue weighted by Crippen LogP contribution is 2.04. The molecule has 0 spiro atoms. The van der Waals surface area contributed by atoms with Crippen molar-refractivity contribution in [2.24, 2.45) is 0 Å². The summed E-state index contributed by atoms with van der Waals surface area (Å²) in [6, 6.07) is 7.93. The van der Waals surface area contributed by atoms with E-state index in [2.05, 4.69) is 5.10 Å². The molecular formula is C14H16N2O3. The number of nitrogens with one attached hydrogen (secondary N) is 1. The molecule has 0 radical (unpaired) electrons. The van der Waals surface area contributed by atoms with Crippen LogP contribution < -0.4 is 5.56 Å². The minimum Gasteiger partial charge on any atom is -0.481 e. The van der Waals surface area contributed by atoms with Gasteiger partial charge in [0.25, 0.3) is 5.56 Å². The molecule has 0 fully saturated rings. The van der Waals surface area contributed by atoms with Crippen molar-refractivity contribution in [1.82, 2.24) is 9.78 Å². The predicted octanol–water partition coefficient (Wildman–Crippen LogP) is 1.55. The number of aromatic nitrogens is 2. The summed E-state index contributed by atoms with van der Waals surface area (Å²) in [5.41, 5.74) is 2.56. The van der Waals surface area contributed by atoms with Gasteiger partial charge in [0.15, 0.2) is 0 Å². The molecule has 0 aliphatic carbocycles. The molecule has 0 aliphatic rings. The predicted molar refractivity (Wildman–Crippen MR) is 71.3 cm³/mol. The van der Waals surface area contributed by atoms with Crippen LogP contribution in [0.4, 0.5) is 0 Å². The standard InChI is InChI=1S/C14H16N2O3/c1-10-2-4-11(5-3-10)9-16-14(19)12(8-15-16)6-7-13(17)18/h2-5,8,15H,6-7,9H2,1H3,(H,17,18). The van der Waals surface area contributed by atoms with Gasteiger partial charge in [0, 0.05) is 18.2 Å². The van der Waals surface area contributed by atoms with E-state index in [1.54, 1.807) is 6.20 Å². The first-order valence-corrected chi connectivity index (χ1v) is 6.10. The van der Waals surface area contributed by atoms with Gasteiger partial charge in [0.05, 0.1) is 6.54 Å². The highest BCUT2D eigenvalue weighted by molar-refractivity contribution is 5.67. The molecule has 0 saturated carbocycles. The molecule has 5 nitrogen and oxygen atoms in total. The van der Waals surface area contributed by atoms with Gasteiger partial charge in [0.1, 0.15) is 0 Å². The van der Waals surface area contributed by atoms with Gasteiger partial charge in [-0.3, -0.25) is 9.59 Å². The van der Waals surface area contributed by atoms with E-state index in [-0.39, 0.29) is 18.4 Å². The van der Waals surface area contributed by atoms with Gasteiger partial charge in [-0.15, -0.1) is 0 Å². The Hall–Kier alpha value is -2.30. The van der Waals surface area contributed by atoms with Gasteiger partial charge in [-0.1, -0.05) is 29.8 Å². The number of H-pyrrole nitrogens is 1. The summed E-state index contributed by atoms with van der Waals surface area (Å²) >= 11 is 0. The third-order valence-electron chi connectivity index (χ3n) is 2.98. The molecule has 100 valence electrons. The van der Waals surface area contributed by atoms with E-state index in [0.29, 0.717) is 12.1 Å². The smallest absolute Gasteiger partial charge is 0.303 e. The van der Waals surface area contributed by atoms with Crippen LogP contribution in [0.2, 0.25) is 0 Å². The van der Waals surface area contributed by atoms with E-state index in [0.717, 1.165) is 5.56 Å². The first-order chi connectivity index (χ1) is 9.06. The molecule has 2 aromatic rings. The Balaban J connectivity index is 2.11. The number of carbonyl (C=O) groups is 1. The largest absolute Gasteiger partial charge is 0.481 e. The summed E-state index contributed by atoms with van der Waals surface area (Å²) in [5, 5.41) is 11.5. The average Bonchev–Trinajstić information content (AvgIpc) is 2.71. The van der Waals surface area contributed by atoms with Crippen molar-refractivity contribution >= 4 is 5.97 Å². The second kappa shape index (κ2) is 5.56. The van der Waals surface area contributed by atoms with E-state index < -0.39 is 5.97 Å². The van der Waals surface area contributed by atoms with E-state index in [4.69, 9.17) is 5.11 Å². The molecule has 0 bridgehead atoms. The van der Waals surface area contributed by atoms with Crippen LogP contribution in [-0.4, -0.2) is 20.9 Å². The topological polar surface area (TPSA) is 75.1 Å². The molecule has 0 atom stereocenters. The van der Waals surface area contributed by atoms with Crippen LogP contribution in [0.15, 0.2) is 35.3 Å². The van der Waals surface area contributed by atoms with Crippen molar-refractivity contribution < 1.29 is 9.90 Å². The number of benzene rings is 1. The quantitative estimate of drug-likeness (QED) is 0.856. The van der Waals surface area contributed by atoms with E-state index >= 15 is 0 Å². The number of aromatic amines is 1. The second-order valence-corrected chi connectivity index (χ2v) is 4.57. The van der Waals surface area contributed by atoms with E-state index in [1.807, 2.05) is 31.2 Å². The van der Waals surface area contributed by atoms with E-state index in [1.165, 1.54) is 10.2 Å². The molecule has 1 aromatic carbocycles. The maximum absolute atomic E-state index is 12.0. The zero-order chi connectivity index (χ0) is 13.8. The molecule has 1 heterocycles. The Morgan fingerprint density at radius 1 is 1.32 bits per heavy atom. The lowest BCUT2D eigenvalue weighted by atomic mass is 10.1. The molecule has 5 heteroatoms. The van der Waals surface area contributed by atoms with Crippen molar-refractivity contribution in [2.75, 3.05) is 0 Å². The lowest BCUT2D eigenvalue weighted by molar-refractivity contribution is -0.136. The zero-order valence-corrected chi connectivity index (χ0v) is 10.7. The number of carboxylic acid groups (broad SMARTS) is 1. The first kappa shape index (κ1) is 13.1. The molecule has 19 heavy (non-hydrogen) atoms. The Morgan fingerprint density at radius 2 is 2.00 bits per heavy atom. The summed E-state index contributed by atoms with van der Waals surface area (Å²) in [6.45, 7) is 2.47. The fraction of sp³-hybridized carbons (Fsp3) is 0.286. The Bertz CT molecular complexity index is 623. The van der Waals surface area contributed by atoms with Crippen molar-refractivity contribution in [3.63, 3.8) is 0 Å². The van der Waals surface area contributed by atoms with Crippen molar-refractivity contribution in [1.29, 1.82) is 0 Å². The monoisotopic (exact) mass is 260 g/mol. The Labute approximate surface area is 110 Å². The highest BCUT2D eigenvalue weighted by atomic mass is 16.4. The van der Waals surface area contributed by atoms with E-state index in [9.17, 15) is 9.59 Å². The number of hydrogen-bond acceptors (Lipinski definition) is 2. The fourth-order valence-electron chi connectivity index (χ4n) is 1.86. The third kappa shape index (κ3) is 3.34. The van der Waals surface area contributed by atoms with Gasteiger partial charge in [0.2, 0.25) is 0 Å². The molecule has 2 N–H and O–H groups in total. The maximum Gasteiger partial charge on any atom is 0.303 e. The average molecular weight is 260 g/mol. The van der Waals surface area contributed by atoms with Crippen molar-refractivity contribution in [3.8, 4) is 0 Å². The molecule has 0 aliphatic heterocycles. The number of rotatable bonds is 5. The second-order valence-electron chi connectivity index (χ2n) is 4.57. The van der Waals surface area contributed by atoms with Crippen molar-refractivity contribution in [2.45, 2.75) is 26.3 Å². The number of aliphatic carboxylic acids is 1. The van der Waals surface area contributed by atoms with Crippen LogP contribution in [0.5, 0.6) is 0 Å². The van der Waals surface area contributed by atoms with Gasteiger partial charge in [-0.25, -0.2) is 4.68 Å². The fourth-order valence-corrected chi connectivity index (χ4v) is 1.86. The highest BCUT2D eigenvalue weighted by Gasteiger charge is 2.08. The summed E-state index contributed by atoms with van der Waals surface area (Å²) < 4.78 is 1.49. The number of aryl methyl sites for hydroxylation is 2. The third-order valence-corrected chi connectivity index (χ3v) is 2.98. The van der Waals surface area contributed by atoms with Gasteiger partial charge < -0.3 is 10.2 Å². The van der Waals surface area contributed by atoms with Gasteiger partial charge in [-0.2, -0.15) is 0 Å². The minimum absolute atomic E-state index is 0.0301. The summed E-state index contributed by atoms with van der Waals surface area (Å²) in [7, 11) is 0. The van der Waals surface area contributed by atoms with Gasteiger partial charge in [-0.05, 0) is 18.9 Å². The first-order valence-electron chi connectivity index (χ1n) is 6.10. The summed E-state index contributed by atoms with van der Waals surface area (Å²) in [5.74, 6) is -0.898. The van der Waals surface area contributed by atoms with Gasteiger partial charge >= 0.3 is 5.97 Å². The molecule has 2 rings (SSSR count). The van der Waals surface area contributed by atoms with Crippen LogP contribution in [-0.2, 0) is 17.8 Å². The molecule has 0 saturated heterocycles. The molecular weight excluding hydrogens is 244 g/mol. The molecule has 0 unspecified atom stereocenters. The summed E-state index contributed by atoms with van der Waals surface area (Å²) in [4.78, 5) is 22.5. The van der Waals surface area contributed by atoms with Crippen LogP contribution in [0.1, 0.15) is 23.1 Å².